The number of rotatable bonds is 8. The molecule has 0 saturated carbocycles. The second kappa shape index (κ2) is 11.5. The van der Waals surface area contributed by atoms with Crippen molar-refractivity contribution in [3.05, 3.63) is 59.7 Å². The minimum Gasteiger partial charge on any atom is -0.497 e. The lowest BCUT2D eigenvalue weighted by Crippen LogP contribution is -2.51. The Morgan fingerprint density at radius 3 is 2.09 bits per heavy atom. The van der Waals surface area contributed by atoms with E-state index in [1.54, 1.807) is 66.0 Å². The number of nitrogens with one attached hydrogen (secondary N) is 2. The molecule has 0 fully saturated rings. The lowest BCUT2D eigenvalue weighted by atomic mass is 10.0. The van der Waals surface area contributed by atoms with Crippen molar-refractivity contribution in [1.29, 1.82) is 0 Å². The van der Waals surface area contributed by atoms with E-state index in [9.17, 15) is 14.4 Å². The van der Waals surface area contributed by atoms with Crippen LogP contribution in [0.1, 0.15) is 51.8 Å². The van der Waals surface area contributed by atoms with Crippen molar-refractivity contribution in [3.8, 4) is 5.75 Å². The van der Waals surface area contributed by atoms with Crippen LogP contribution in [-0.2, 0) is 14.3 Å². The zero-order chi connectivity index (χ0) is 25.5. The molecule has 2 unspecified atom stereocenters. The summed E-state index contributed by atoms with van der Waals surface area (Å²) in [5.74, 6) is -0.0991. The van der Waals surface area contributed by atoms with Crippen LogP contribution in [0.3, 0.4) is 0 Å². The van der Waals surface area contributed by atoms with Gasteiger partial charge in [-0.15, -0.1) is 0 Å². The summed E-state index contributed by atoms with van der Waals surface area (Å²) in [5.41, 5.74) is 1.58. The van der Waals surface area contributed by atoms with Gasteiger partial charge in [0.15, 0.2) is 0 Å². The molecule has 3 amide bonds. The molecule has 0 radical (unpaired) electrons. The van der Waals surface area contributed by atoms with Crippen molar-refractivity contribution in [2.75, 3.05) is 19.0 Å². The Morgan fingerprint density at radius 2 is 1.59 bits per heavy atom. The number of aryl methyl sites for hydroxylation is 1. The molecule has 2 rings (SSSR count). The summed E-state index contributed by atoms with van der Waals surface area (Å²) in [6.45, 7) is 10.8. The smallest absolute Gasteiger partial charge is 0.408 e. The number of nitrogens with zero attached hydrogens (tertiary/aromatic N) is 1. The van der Waals surface area contributed by atoms with Crippen molar-refractivity contribution in [2.24, 2.45) is 0 Å². The van der Waals surface area contributed by atoms with Crippen molar-refractivity contribution >= 4 is 23.6 Å². The lowest BCUT2D eigenvalue weighted by molar-refractivity contribution is -0.140. The first-order valence-corrected chi connectivity index (χ1v) is 11.3. The van der Waals surface area contributed by atoms with E-state index in [2.05, 4.69) is 10.6 Å². The Labute approximate surface area is 201 Å². The predicted octanol–water partition coefficient (Wildman–Crippen LogP) is 4.45. The van der Waals surface area contributed by atoms with E-state index in [4.69, 9.17) is 9.47 Å². The molecule has 8 heteroatoms. The third kappa shape index (κ3) is 7.50. The standard InChI is InChI=1S/C26H35N3O5/c1-8-29(24(31)18(3)27-25(32)34-26(4,5)6)22(19-11-9-17(2)10-12-19)23(30)28-20-13-15-21(33-7)16-14-20/h9-16,18,22H,8H2,1-7H3,(H,27,32)(H,28,30). The Kier molecular flexibility index (Phi) is 9.06. The Morgan fingerprint density at radius 1 is 1.00 bits per heavy atom. The van der Waals surface area contributed by atoms with E-state index < -0.39 is 29.7 Å². The molecule has 2 aromatic rings. The number of alkyl carbamates (subject to hydrolysis) is 1. The Hall–Kier alpha value is -3.55. The van der Waals surface area contributed by atoms with Gasteiger partial charge >= 0.3 is 6.09 Å². The fourth-order valence-corrected chi connectivity index (χ4v) is 3.37. The Bertz CT molecular complexity index is 981. The maximum atomic E-state index is 13.4. The second-order valence-corrected chi connectivity index (χ2v) is 9.02. The van der Waals surface area contributed by atoms with Gasteiger partial charge in [-0.05, 0) is 71.4 Å². The summed E-state index contributed by atoms with van der Waals surface area (Å²) in [6, 6.07) is 12.6. The van der Waals surface area contributed by atoms with Crippen molar-refractivity contribution in [2.45, 2.75) is 59.2 Å². The van der Waals surface area contributed by atoms with Crippen molar-refractivity contribution in [3.63, 3.8) is 0 Å². The molecule has 8 nitrogen and oxygen atoms in total. The highest BCUT2D eigenvalue weighted by molar-refractivity contribution is 5.99. The molecule has 0 bridgehead atoms. The fourth-order valence-electron chi connectivity index (χ4n) is 3.37. The van der Waals surface area contributed by atoms with Crippen LogP contribution in [0, 0.1) is 6.92 Å². The Balaban J connectivity index is 2.31. The SMILES string of the molecule is CCN(C(=O)C(C)NC(=O)OC(C)(C)C)C(C(=O)Nc1ccc(OC)cc1)c1ccc(C)cc1. The highest BCUT2D eigenvalue weighted by Gasteiger charge is 2.33. The van der Waals surface area contributed by atoms with E-state index >= 15 is 0 Å². The summed E-state index contributed by atoms with van der Waals surface area (Å²) in [5, 5.41) is 5.46. The first-order valence-electron chi connectivity index (χ1n) is 11.3. The summed E-state index contributed by atoms with van der Waals surface area (Å²) in [6.07, 6.45) is -0.695. The molecule has 0 aromatic heterocycles. The zero-order valence-electron chi connectivity index (χ0n) is 21.0. The van der Waals surface area contributed by atoms with Gasteiger partial charge in [0.2, 0.25) is 5.91 Å². The average molecular weight is 470 g/mol. The number of likely N-dealkylation sites (N-methyl/N-ethyl adjacent to an activating group) is 1. The van der Waals surface area contributed by atoms with Gasteiger partial charge in [0, 0.05) is 12.2 Å². The molecular formula is C26H35N3O5. The predicted molar refractivity (Wildman–Crippen MR) is 132 cm³/mol. The minimum absolute atomic E-state index is 0.258. The number of ether oxygens (including phenoxy) is 2. The molecule has 0 aliphatic carbocycles. The van der Waals surface area contributed by atoms with E-state index in [1.807, 2.05) is 31.2 Å². The number of hydrogen-bond donors (Lipinski definition) is 2. The summed E-state index contributed by atoms with van der Waals surface area (Å²) < 4.78 is 10.4. The first kappa shape index (κ1) is 26.7. The number of carbonyl (C=O) groups is 3. The molecule has 0 aliphatic heterocycles. The van der Waals surface area contributed by atoms with Crippen LogP contribution in [0.25, 0.3) is 0 Å². The fraction of sp³-hybridized carbons (Fsp3) is 0.423. The third-order valence-corrected chi connectivity index (χ3v) is 5.04. The molecule has 184 valence electrons. The van der Waals surface area contributed by atoms with Crippen molar-refractivity contribution in [1.82, 2.24) is 10.2 Å². The molecule has 2 N–H and O–H groups in total. The van der Waals surface area contributed by atoms with Crippen LogP contribution in [0.2, 0.25) is 0 Å². The van der Waals surface area contributed by atoms with Gasteiger partial charge in [-0.2, -0.15) is 0 Å². The van der Waals surface area contributed by atoms with Gasteiger partial charge in [-0.1, -0.05) is 29.8 Å². The normalized spacial score (nSPS) is 12.8. The maximum Gasteiger partial charge on any atom is 0.408 e. The summed E-state index contributed by atoms with van der Waals surface area (Å²) in [4.78, 5) is 40.4. The molecule has 0 aliphatic rings. The maximum absolute atomic E-state index is 13.4. The van der Waals surface area contributed by atoms with Gasteiger partial charge in [0.1, 0.15) is 23.4 Å². The molecule has 0 saturated heterocycles. The van der Waals surface area contributed by atoms with E-state index in [0.29, 0.717) is 17.0 Å². The second-order valence-electron chi connectivity index (χ2n) is 9.02. The molecule has 2 aromatic carbocycles. The van der Waals surface area contributed by atoms with Crippen LogP contribution in [0.4, 0.5) is 10.5 Å². The van der Waals surface area contributed by atoms with Crippen LogP contribution < -0.4 is 15.4 Å². The quantitative estimate of drug-likeness (QED) is 0.596. The number of carbonyl (C=O) groups excluding carboxylic acids is 3. The first-order chi connectivity index (χ1) is 15.9. The zero-order valence-corrected chi connectivity index (χ0v) is 21.0. The van der Waals surface area contributed by atoms with Gasteiger partial charge in [-0.3, -0.25) is 9.59 Å². The summed E-state index contributed by atoms with van der Waals surface area (Å²) in [7, 11) is 1.57. The molecule has 0 spiro atoms. The van der Waals surface area contributed by atoms with Gasteiger partial charge in [0.25, 0.3) is 5.91 Å². The van der Waals surface area contributed by atoms with Crippen LogP contribution in [0.5, 0.6) is 5.75 Å². The monoisotopic (exact) mass is 469 g/mol. The van der Waals surface area contributed by atoms with Crippen LogP contribution in [0.15, 0.2) is 48.5 Å². The van der Waals surface area contributed by atoms with Gasteiger partial charge in [0.05, 0.1) is 7.11 Å². The average Bonchev–Trinajstić information content (AvgIpc) is 2.76. The van der Waals surface area contributed by atoms with E-state index in [1.165, 1.54) is 4.90 Å². The molecular weight excluding hydrogens is 434 g/mol. The molecule has 0 heterocycles. The summed E-state index contributed by atoms with van der Waals surface area (Å²) >= 11 is 0. The van der Waals surface area contributed by atoms with Gasteiger partial charge < -0.3 is 25.0 Å². The topological polar surface area (TPSA) is 97.0 Å². The number of hydrogen-bond acceptors (Lipinski definition) is 5. The van der Waals surface area contributed by atoms with E-state index in [0.717, 1.165) is 5.56 Å². The van der Waals surface area contributed by atoms with Crippen molar-refractivity contribution < 1.29 is 23.9 Å². The molecule has 34 heavy (non-hydrogen) atoms. The number of amides is 3. The number of methoxy groups -OCH3 is 1. The van der Waals surface area contributed by atoms with Crippen LogP contribution >= 0.6 is 0 Å². The minimum atomic E-state index is -0.900. The van der Waals surface area contributed by atoms with E-state index in [-0.39, 0.29) is 12.5 Å². The number of anilines is 1. The highest BCUT2D eigenvalue weighted by atomic mass is 16.6. The third-order valence-electron chi connectivity index (χ3n) is 5.04. The number of benzene rings is 2. The highest BCUT2D eigenvalue weighted by Crippen LogP contribution is 2.25. The lowest BCUT2D eigenvalue weighted by Gasteiger charge is -2.32. The van der Waals surface area contributed by atoms with Gasteiger partial charge in [-0.25, -0.2) is 4.79 Å². The largest absolute Gasteiger partial charge is 0.497 e. The molecule has 2 atom stereocenters. The van der Waals surface area contributed by atoms with Crippen LogP contribution in [-0.4, -0.2) is 48.1 Å².